The first-order valence-electron chi connectivity index (χ1n) is 9.42. The van der Waals surface area contributed by atoms with E-state index in [1.807, 2.05) is 6.07 Å². The highest BCUT2D eigenvalue weighted by Crippen LogP contribution is 2.16. The number of piperazine rings is 1. The van der Waals surface area contributed by atoms with Crippen molar-refractivity contribution in [2.75, 3.05) is 38.0 Å². The van der Waals surface area contributed by atoms with Crippen LogP contribution in [0.5, 0.6) is 0 Å². The Bertz CT molecular complexity index is 811. The van der Waals surface area contributed by atoms with Crippen LogP contribution in [0.1, 0.15) is 28.4 Å². The number of carbonyl (C=O) groups excluding carboxylic acids is 2. The number of hydrogen-bond donors (Lipinski definition) is 1. The molecule has 2 aromatic carbocycles. The summed E-state index contributed by atoms with van der Waals surface area (Å²) in [4.78, 5) is 28.7. The maximum Gasteiger partial charge on any atom is 0.238 e. The van der Waals surface area contributed by atoms with Gasteiger partial charge in [0.15, 0.2) is 5.78 Å². The van der Waals surface area contributed by atoms with Crippen molar-refractivity contribution in [3.05, 3.63) is 65.2 Å². The standard InChI is InChI=1S/C22H27N3O2/c1-17-7-3-4-8-19(17)15-24-11-13-25(14-12-24)16-22(27)23-21-10-6-5-9-20(21)18(2)26/h3-10H,11-16H2,1-2H3,(H,23,27). The third-order valence-electron chi connectivity index (χ3n) is 5.07. The number of nitrogens with one attached hydrogen (secondary N) is 1. The van der Waals surface area contributed by atoms with Gasteiger partial charge in [-0.05, 0) is 37.1 Å². The van der Waals surface area contributed by atoms with Crippen LogP contribution in [0.4, 0.5) is 5.69 Å². The molecule has 0 unspecified atom stereocenters. The van der Waals surface area contributed by atoms with E-state index in [-0.39, 0.29) is 11.7 Å². The van der Waals surface area contributed by atoms with E-state index in [1.165, 1.54) is 18.1 Å². The molecule has 1 aliphatic heterocycles. The van der Waals surface area contributed by atoms with Gasteiger partial charge in [0, 0.05) is 38.3 Å². The molecule has 1 aliphatic rings. The summed E-state index contributed by atoms with van der Waals surface area (Å²) in [5.74, 6) is -0.119. The zero-order chi connectivity index (χ0) is 19.2. The molecule has 5 heteroatoms. The van der Waals surface area contributed by atoms with Crippen LogP contribution in [-0.2, 0) is 11.3 Å². The van der Waals surface area contributed by atoms with Gasteiger partial charge in [0.25, 0.3) is 0 Å². The summed E-state index contributed by atoms with van der Waals surface area (Å²) in [5, 5.41) is 2.88. The quantitative estimate of drug-likeness (QED) is 0.800. The first kappa shape index (κ1) is 19.3. The second-order valence-corrected chi connectivity index (χ2v) is 7.13. The largest absolute Gasteiger partial charge is 0.324 e. The molecule has 0 spiro atoms. The number of benzene rings is 2. The third kappa shape index (κ3) is 5.25. The van der Waals surface area contributed by atoms with E-state index in [9.17, 15) is 9.59 Å². The average molecular weight is 365 g/mol. The second kappa shape index (κ2) is 8.93. The van der Waals surface area contributed by atoms with E-state index in [2.05, 4.69) is 46.3 Å². The Morgan fingerprint density at radius 2 is 1.56 bits per heavy atom. The lowest BCUT2D eigenvalue weighted by molar-refractivity contribution is -0.117. The van der Waals surface area contributed by atoms with Crippen molar-refractivity contribution in [1.82, 2.24) is 9.80 Å². The second-order valence-electron chi connectivity index (χ2n) is 7.13. The number of para-hydroxylation sites is 1. The fourth-order valence-corrected chi connectivity index (χ4v) is 3.43. The lowest BCUT2D eigenvalue weighted by Gasteiger charge is -2.34. The summed E-state index contributed by atoms with van der Waals surface area (Å²) >= 11 is 0. The Balaban J connectivity index is 1.49. The molecular formula is C22H27N3O2. The van der Waals surface area contributed by atoms with Gasteiger partial charge in [-0.25, -0.2) is 0 Å². The maximum atomic E-state index is 12.4. The number of carbonyl (C=O) groups is 2. The highest BCUT2D eigenvalue weighted by atomic mass is 16.2. The van der Waals surface area contributed by atoms with Gasteiger partial charge in [0.2, 0.25) is 5.91 Å². The predicted molar refractivity (Wildman–Crippen MR) is 108 cm³/mol. The number of rotatable bonds is 6. The minimum absolute atomic E-state index is 0.0456. The van der Waals surface area contributed by atoms with Gasteiger partial charge in [-0.3, -0.25) is 19.4 Å². The Hall–Kier alpha value is -2.50. The number of aryl methyl sites for hydroxylation is 1. The number of hydrogen-bond acceptors (Lipinski definition) is 4. The minimum atomic E-state index is -0.0731. The van der Waals surface area contributed by atoms with Gasteiger partial charge >= 0.3 is 0 Å². The molecule has 1 heterocycles. The third-order valence-corrected chi connectivity index (χ3v) is 5.07. The molecule has 0 aliphatic carbocycles. The summed E-state index contributed by atoms with van der Waals surface area (Å²) in [6.45, 7) is 8.61. The Morgan fingerprint density at radius 1 is 0.926 bits per heavy atom. The van der Waals surface area contributed by atoms with E-state index in [0.717, 1.165) is 32.7 Å². The van der Waals surface area contributed by atoms with Gasteiger partial charge in [0.05, 0.1) is 12.2 Å². The molecule has 3 rings (SSSR count). The van der Waals surface area contributed by atoms with Crippen LogP contribution >= 0.6 is 0 Å². The zero-order valence-corrected chi connectivity index (χ0v) is 16.1. The molecule has 1 N–H and O–H groups in total. The molecule has 0 bridgehead atoms. The topological polar surface area (TPSA) is 52.7 Å². The van der Waals surface area contributed by atoms with E-state index >= 15 is 0 Å². The van der Waals surface area contributed by atoms with Crippen LogP contribution in [0.3, 0.4) is 0 Å². The van der Waals surface area contributed by atoms with Crippen LogP contribution in [0, 0.1) is 6.92 Å². The molecule has 0 aromatic heterocycles. The lowest BCUT2D eigenvalue weighted by Crippen LogP contribution is -2.48. The summed E-state index contributed by atoms with van der Waals surface area (Å²) in [6, 6.07) is 15.6. The summed E-state index contributed by atoms with van der Waals surface area (Å²) in [6.07, 6.45) is 0. The molecule has 0 saturated carbocycles. The van der Waals surface area contributed by atoms with E-state index in [4.69, 9.17) is 0 Å². The van der Waals surface area contributed by atoms with Crippen molar-refractivity contribution in [2.24, 2.45) is 0 Å². The molecule has 1 fully saturated rings. The number of amides is 1. The molecule has 27 heavy (non-hydrogen) atoms. The average Bonchev–Trinajstić information content (AvgIpc) is 2.65. The molecule has 1 saturated heterocycles. The molecule has 0 atom stereocenters. The normalized spacial score (nSPS) is 15.5. The van der Waals surface area contributed by atoms with Gasteiger partial charge in [-0.1, -0.05) is 36.4 Å². The van der Waals surface area contributed by atoms with Crippen LogP contribution in [0.25, 0.3) is 0 Å². The molecule has 5 nitrogen and oxygen atoms in total. The van der Waals surface area contributed by atoms with Gasteiger partial charge in [0.1, 0.15) is 0 Å². The number of nitrogens with zero attached hydrogens (tertiary/aromatic N) is 2. The number of anilines is 1. The highest BCUT2D eigenvalue weighted by molar-refractivity contribution is 6.04. The van der Waals surface area contributed by atoms with Crippen LogP contribution in [0.15, 0.2) is 48.5 Å². The van der Waals surface area contributed by atoms with E-state index in [1.54, 1.807) is 18.2 Å². The van der Waals surface area contributed by atoms with Crippen LogP contribution in [0.2, 0.25) is 0 Å². The monoisotopic (exact) mass is 365 g/mol. The van der Waals surface area contributed by atoms with Gasteiger partial charge in [-0.2, -0.15) is 0 Å². The van der Waals surface area contributed by atoms with Crippen molar-refractivity contribution in [3.8, 4) is 0 Å². The maximum absolute atomic E-state index is 12.4. The smallest absolute Gasteiger partial charge is 0.238 e. The molecule has 0 radical (unpaired) electrons. The van der Waals surface area contributed by atoms with E-state index < -0.39 is 0 Å². The van der Waals surface area contributed by atoms with Crippen molar-refractivity contribution in [1.29, 1.82) is 0 Å². The Kier molecular flexibility index (Phi) is 6.37. The summed E-state index contributed by atoms with van der Waals surface area (Å²) in [5.41, 5.74) is 3.83. The van der Waals surface area contributed by atoms with Crippen molar-refractivity contribution < 1.29 is 9.59 Å². The fraction of sp³-hybridized carbons (Fsp3) is 0.364. The van der Waals surface area contributed by atoms with E-state index in [0.29, 0.717) is 17.8 Å². The molecule has 2 aromatic rings. The van der Waals surface area contributed by atoms with Crippen LogP contribution in [-0.4, -0.2) is 54.2 Å². The van der Waals surface area contributed by atoms with Crippen LogP contribution < -0.4 is 5.32 Å². The lowest BCUT2D eigenvalue weighted by atomic mass is 10.1. The first-order chi connectivity index (χ1) is 13.0. The SMILES string of the molecule is CC(=O)c1ccccc1NC(=O)CN1CCN(Cc2ccccc2C)CC1. The minimum Gasteiger partial charge on any atom is -0.324 e. The number of ketones is 1. The van der Waals surface area contributed by atoms with Gasteiger partial charge in [-0.15, -0.1) is 0 Å². The zero-order valence-electron chi connectivity index (χ0n) is 16.1. The van der Waals surface area contributed by atoms with Crippen molar-refractivity contribution in [3.63, 3.8) is 0 Å². The Labute approximate surface area is 161 Å². The highest BCUT2D eigenvalue weighted by Gasteiger charge is 2.20. The fourth-order valence-electron chi connectivity index (χ4n) is 3.43. The van der Waals surface area contributed by atoms with Gasteiger partial charge < -0.3 is 5.32 Å². The molecule has 1 amide bonds. The molecular weight excluding hydrogens is 338 g/mol. The summed E-state index contributed by atoms with van der Waals surface area (Å²) < 4.78 is 0. The Morgan fingerprint density at radius 3 is 2.26 bits per heavy atom. The number of Topliss-reactive ketones (excluding diaryl/α,β-unsaturated/α-hetero) is 1. The van der Waals surface area contributed by atoms with Crippen molar-refractivity contribution in [2.45, 2.75) is 20.4 Å². The van der Waals surface area contributed by atoms with Crippen molar-refractivity contribution >= 4 is 17.4 Å². The predicted octanol–water partition coefficient (Wildman–Crippen LogP) is 2.95. The molecule has 142 valence electrons. The first-order valence-corrected chi connectivity index (χ1v) is 9.42. The summed E-state index contributed by atoms with van der Waals surface area (Å²) in [7, 11) is 0.